The number of amides is 2. The van der Waals surface area contributed by atoms with E-state index in [-0.39, 0.29) is 11.8 Å². The van der Waals surface area contributed by atoms with Gasteiger partial charge in [0.25, 0.3) is 11.8 Å². The van der Waals surface area contributed by atoms with Gasteiger partial charge in [-0.15, -0.1) is 0 Å². The van der Waals surface area contributed by atoms with Crippen LogP contribution in [0.25, 0.3) is 0 Å². The average molecular weight is 286 g/mol. The van der Waals surface area contributed by atoms with Gasteiger partial charge in [0.2, 0.25) is 0 Å². The Labute approximate surface area is 122 Å². The molecule has 0 atom stereocenters. The van der Waals surface area contributed by atoms with Crippen LogP contribution in [0.15, 0.2) is 18.2 Å². The fraction of sp³-hybridized carbons (Fsp3) is 0.267. The third kappa shape index (κ3) is 2.94. The standard InChI is InChI=1S/C15H18N4O2/c1-8-5-6-11(14(20)16-4)7-12(8)17-15(21)13-9(2)18-19-10(13)3/h5-7H,1-4H3,(H,16,20)(H,17,21)(H,18,19). The molecule has 1 aromatic carbocycles. The maximum absolute atomic E-state index is 12.3. The molecule has 2 amide bonds. The van der Waals surface area contributed by atoms with Crippen molar-refractivity contribution in [3.63, 3.8) is 0 Å². The van der Waals surface area contributed by atoms with Crippen molar-refractivity contribution in [3.8, 4) is 0 Å². The minimum atomic E-state index is -0.240. The summed E-state index contributed by atoms with van der Waals surface area (Å²) >= 11 is 0. The van der Waals surface area contributed by atoms with Crippen LogP contribution in [0, 0.1) is 20.8 Å². The van der Waals surface area contributed by atoms with Gasteiger partial charge in [-0.25, -0.2) is 0 Å². The quantitative estimate of drug-likeness (QED) is 0.806. The molecule has 0 fully saturated rings. The Hall–Kier alpha value is -2.63. The lowest BCUT2D eigenvalue weighted by Crippen LogP contribution is -2.19. The molecule has 0 radical (unpaired) electrons. The van der Waals surface area contributed by atoms with Crippen LogP contribution < -0.4 is 10.6 Å². The molecular formula is C15H18N4O2. The van der Waals surface area contributed by atoms with E-state index >= 15 is 0 Å². The summed E-state index contributed by atoms with van der Waals surface area (Å²) in [5.74, 6) is -0.433. The molecule has 1 heterocycles. The molecule has 110 valence electrons. The molecule has 1 aromatic heterocycles. The second-order valence-corrected chi connectivity index (χ2v) is 4.87. The lowest BCUT2D eigenvalue weighted by molar-refractivity contribution is 0.0961. The fourth-order valence-electron chi connectivity index (χ4n) is 2.11. The Morgan fingerprint density at radius 3 is 2.43 bits per heavy atom. The zero-order chi connectivity index (χ0) is 15.6. The summed E-state index contributed by atoms with van der Waals surface area (Å²) < 4.78 is 0. The molecule has 0 unspecified atom stereocenters. The Bertz CT molecular complexity index is 684. The van der Waals surface area contributed by atoms with Gasteiger partial charge < -0.3 is 10.6 Å². The first-order valence-electron chi connectivity index (χ1n) is 6.59. The van der Waals surface area contributed by atoms with Crippen molar-refractivity contribution in [2.75, 3.05) is 12.4 Å². The first-order valence-corrected chi connectivity index (χ1v) is 6.59. The second kappa shape index (κ2) is 5.78. The van der Waals surface area contributed by atoms with Gasteiger partial charge in [0.05, 0.1) is 11.3 Å². The number of aryl methyl sites for hydroxylation is 3. The van der Waals surface area contributed by atoms with E-state index in [4.69, 9.17) is 0 Å². The van der Waals surface area contributed by atoms with E-state index in [1.54, 1.807) is 39.1 Å². The summed E-state index contributed by atoms with van der Waals surface area (Å²) in [5, 5.41) is 12.2. The van der Waals surface area contributed by atoms with Crippen LogP contribution in [0.1, 0.15) is 37.7 Å². The highest BCUT2D eigenvalue weighted by Gasteiger charge is 2.16. The summed E-state index contributed by atoms with van der Waals surface area (Å²) in [7, 11) is 1.57. The predicted octanol–water partition coefficient (Wildman–Crippen LogP) is 1.95. The number of aromatic amines is 1. The van der Waals surface area contributed by atoms with E-state index in [0.717, 1.165) is 5.56 Å². The highest BCUT2D eigenvalue weighted by Crippen LogP contribution is 2.19. The topological polar surface area (TPSA) is 86.9 Å². The van der Waals surface area contributed by atoms with E-state index in [0.29, 0.717) is 28.2 Å². The number of hydrogen-bond donors (Lipinski definition) is 3. The lowest BCUT2D eigenvalue weighted by Gasteiger charge is -2.10. The largest absolute Gasteiger partial charge is 0.355 e. The number of carbonyl (C=O) groups excluding carboxylic acids is 2. The first kappa shape index (κ1) is 14.8. The van der Waals surface area contributed by atoms with Crippen molar-refractivity contribution in [3.05, 3.63) is 46.3 Å². The first-order chi connectivity index (χ1) is 9.93. The summed E-state index contributed by atoms with van der Waals surface area (Å²) in [6, 6.07) is 5.18. The van der Waals surface area contributed by atoms with Crippen LogP contribution in [0.2, 0.25) is 0 Å². The molecule has 0 saturated heterocycles. The number of benzene rings is 1. The van der Waals surface area contributed by atoms with Crippen molar-refractivity contribution < 1.29 is 9.59 Å². The molecule has 0 aliphatic carbocycles. The van der Waals surface area contributed by atoms with Crippen LogP contribution >= 0.6 is 0 Å². The number of carbonyl (C=O) groups is 2. The highest BCUT2D eigenvalue weighted by atomic mass is 16.2. The Balaban J connectivity index is 2.31. The maximum Gasteiger partial charge on any atom is 0.259 e. The molecule has 0 saturated carbocycles. The monoisotopic (exact) mass is 286 g/mol. The van der Waals surface area contributed by atoms with Gasteiger partial charge in [0.1, 0.15) is 0 Å². The van der Waals surface area contributed by atoms with Crippen molar-refractivity contribution in [1.82, 2.24) is 15.5 Å². The normalized spacial score (nSPS) is 10.3. The number of rotatable bonds is 3. The van der Waals surface area contributed by atoms with E-state index in [1.165, 1.54) is 0 Å². The van der Waals surface area contributed by atoms with Gasteiger partial charge in [0.15, 0.2) is 0 Å². The predicted molar refractivity (Wildman–Crippen MR) is 80.6 cm³/mol. The number of nitrogens with zero attached hydrogens (tertiary/aromatic N) is 1. The van der Waals surface area contributed by atoms with Crippen LogP contribution in [-0.2, 0) is 0 Å². The molecular weight excluding hydrogens is 268 g/mol. The SMILES string of the molecule is CNC(=O)c1ccc(C)c(NC(=O)c2c(C)n[nH]c2C)c1. The van der Waals surface area contributed by atoms with Crippen molar-refractivity contribution in [1.29, 1.82) is 0 Å². The van der Waals surface area contributed by atoms with E-state index < -0.39 is 0 Å². The molecule has 3 N–H and O–H groups in total. The number of hydrogen-bond acceptors (Lipinski definition) is 3. The van der Waals surface area contributed by atoms with Gasteiger partial charge in [-0.05, 0) is 38.5 Å². The number of H-pyrrole nitrogens is 1. The number of aromatic nitrogens is 2. The van der Waals surface area contributed by atoms with Crippen LogP contribution in [0.4, 0.5) is 5.69 Å². The lowest BCUT2D eigenvalue weighted by atomic mass is 10.1. The van der Waals surface area contributed by atoms with Crippen LogP contribution in [0.3, 0.4) is 0 Å². The molecule has 0 aliphatic heterocycles. The highest BCUT2D eigenvalue weighted by molar-refractivity contribution is 6.06. The zero-order valence-corrected chi connectivity index (χ0v) is 12.5. The van der Waals surface area contributed by atoms with Crippen molar-refractivity contribution in [2.45, 2.75) is 20.8 Å². The number of anilines is 1. The van der Waals surface area contributed by atoms with E-state index in [2.05, 4.69) is 20.8 Å². The molecule has 0 spiro atoms. The third-order valence-electron chi connectivity index (χ3n) is 3.33. The Kier molecular flexibility index (Phi) is 4.07. The molecule has 21 heavy (non-hydrogen) atoms. The van der Waals surface area contributed by atoms with Crippen LogP contribution in [-0.4, -0.2) is 29.1 Å². The Morgan fingerprint density at radius 1 is 1.14 bits per heavy atom. The Morgan fingerprint density at radius 2 is 1.86 bits per heavy atom. The third-order valence-corrected chi connectivity index (χ3v) is 3.33. The van der Waals surface area contributed by atoms with Crippen molar-refractivity contribution >= 4 is 17.5 Å². The van der Waals surface area contributed by atoms with E-state index in [1.807, 2.05) is 6.92 Å². The van der Waals surface area contributed by atoms with Crippen LogP contribution in [0.5, 0.6) is 0 Å². The minimum Gasteiger partial charge on any atom is -0.355 e. The fourth-order valence-corrected chi connectivity index (χ4v) is 2.11. The molecule has 2 aromatic rings. The van der Waals surface area contributed by atoms with Gasteiger partial charge in [-0.1, -0.05) is 6.07 Å². The maximum atomic E-state index is 12.3. The molecule has 2 rings (SSSR count). The second-order valence-electron chi connectivity index (χ2n) is 4.87. The summed E-state index contributed by atoms with van der Waals surface area (Å²) in [5.41, 5.74) is 3.88. The van der Waals surface area contributed by atoms with Gasteiger partial charge in [0, 0.05) is 24.0 Å². The van der Waals surface area contributed by atoms with Gasteiger partial charge in [-0.3, -0.25) is 14.7 Å². The number of nitrogens with one attached hydrogen (secondary N) is 3. The van der Waals surface area contributed by atoms with Gasteiger partial charge in [-0.2, -0.15) is 5.10 Å². The molecule has 0 bridgehead atoms. The average Bonchev–Trinajstić information content (AvgIpc) is 2.79. The van der Waals surface area contributed by atoms with E-state index in [9.17, 15) is 9.59 Å². The summed E-state index contributed by atoms with van der Waals surface area (Å²) in [6.45, 7) is 5.44. The molecule has 6 heteroatoms. The summed E-state index contributed by atoms with van der Waals surface area (Å²) in [6.07, 6.45) is 0. The smallest absolute Gasteiger partial charge is 0.259 e. The molecule has 6 nitrogen and oxygen atoms in total. The molecule has 0 aliphatic rings. The van der Waals surface area contributed by atoms with Gasteiger partial charge >= 0.3 is 0 Å². The van der Waals surface area contributed by atoms with Crippen molar-refractivity contribution in [2.24, 2.45) is 0 Å². The summed E-state index contributed by atoms with van der Waals surface area (Å²) in [4.78, 5) is 24.0. The minimum absolute atomic E-state index is 0.193. The zero-order valence-electron chi connectivity index (χ0n) is 12.5.